The first kappa shape index (κ1) is 23.8. The van der Waals surface area contributed by atoms with Gasteiger partial charge in [-0.05, 0) is 29.8 Å². The molecule has 0 saturated heterocycles. The Labute approximate surface area is 216 Å². The predicted molar refractivity (Wildman–Crippen MR) is 144 cm³/mol. The van der Waals surface area contributed by atoms with Crippen LogP contribution in [0.3, 0.4) is 0 Å². The minimum atomic E-state index is -0.548. The van der Waals surface area contributed by atoms with Crippen molar-refractivity contribution in [2.24, 2.45) is 0 Å². The van der Waals surface area contributed by atoms with Crippen LogP contribution in [0.4, 0.5) is 0 Å². The van der Waals surface area contributed by atoms with Gasteiger partial charge in [-0.2, -0.15) is 5.26 Å². The minimum absolute atomic E-state index is 0.133. The maximum Gasteiger partial charge on any atom is 0.273 e. The number of thiazole rings is 1. The van der Waals surface area contributed by atoms with Gasteiger partial charge in [-0.15, -0.1) is 11.3 Å². The highest BCUT2D eigenvalue weighted by molar-refractivity contribution is 7.07. The molecule has 7 heteroatoms. The predicted octanol–water partition coefficient (Wildman–Crippen LogP) is 3.98. The number of furan rings is 1. The van der Waals surface area contributed by atoms with E-state index in [9.17, 15) is 14.9 Å². The van der Waals surface area contributed by atoms with Gasteiger partial charge in [0.1, 0.15) is 22.3 Å². The van der Waals surface area contributed by atoms with Crippen LogP contribution in [0.15, 0.2) is 112 Å². The standard InChI is InChI=1S/C30H21N3O3S/c31-19-25(28(34)32-20-21-10-4-1-5-11-21)30-33(23-14-8-3-9-15-23)29(35)27(37-30)18-24-16-17-26(36-24)22-12-6-2-7-13-22/h1-18H,20H2,(H,32,34)/b27-18+,30-25+. The van der Waals surface area contributed by atoms with Gasteiger partial charge in [0.25, 0.3) is 11.5 Å². The van der Waals surface area contributed by atoms with Gasteiger partial charge >= 0.3 is 0 Å². The van der Waals surface area contributed by atoms with Crippen LogP contribution in [0.2, 0.25) is 0 Å². The Kier molecular flexibility index (Phi) is 6.93. The van der Waals surface area contributed by atoms with E-state index in [4.69, 9.17) is 4.42 Å². The second-order valence-electron chi connectivity index (χ2n) is 8.12. The summed E-state index contributed by atoms with van der Waals surface area (Å²) in [7, 11) is 0. The molecule has 2 heterocycles. The van der Waals surface area contributed by atoms with Gasteiger partial charge in [0.05, 0.1) is 10.2 Å². The van der Waals surface area contributed by atoms with Gasteiger partial charge in [0.15, 0.2) is 5.57 Å². The molecule has 0 aliphatic rings. The maximum atomic E-state index is 13.5. The molecule has 180 valence electrons. The highest BCUT2D eigenvalue weighted by atomic mass is 32.1. The summed E-state index contributed by atoms with van der Waals surface area (Å²) < 4.78 is 7.96. The van der Waals surface area contributed by atoms with E-state index < -0.39 is 5.91 Å². The van der Waals surface area contributed by atoms with Crippen LogP contribution in [-0.2, 0) is 11.3 Å². The Bertz CT molecular complexity index is 1760. The molecule has 37 heavy (non-hydrogen) atoms. The molecule has 0 spiro atoms. The van der Waals surface area contributed by atoms with E-state index in [1.807, 2.05) is 78.9 Å². The van der Waals surface area contributed by atoms with Crippen LogP contribution in [0.25, 0.3) is 28.7 Å². The summed E-state index contributed by atoms with van der Waals surface area (Å²) in [5, 5.41) is 12.7. The first-order valence-corrected chi connectivity index (χ1v) is 12.4. The topological polar surface area (TPSA) is 88.0 Å². The first-order valence-electron chi connectivity index (χ1n) is 11.5. The third kappa shape index (κ3) is 5.20. The maximum absolute atomic E-state index is 13.5. The van der Waals surface area contributed by atoms with Crippen molar-refractivity contribution in [3.8, 4) is 23.1 Å². The summed E-state index contributed by atoms with van der Waals surface area (Å²) in [4.78, 5) is 26.6. The van der Waals surface area contributed by atoms with Crippen molar-refractivity contribution in [3.05, 3.63) is 134 Å². The number of rotatable bonds is 6. The molecule has 1 amide bonds. The number of amides is 1. The van der Waals surface area contributed by atoms with Crippen LogP contribution in [0, 0.1) is 11.3 Å². The number of nitriles is 1. The number of hydrogen-bond acceptors (Lipinski definition) is 5. The van der Waals surface area contributed by atoms with E-state index in [1.54, 1.807) is 36.4 Å². The number of benzene rings is 3. The summed E-state index contributed by atoms with van der Waals surface area (Å²) >= 11 is 1.08. The summed E-state index contributed by atoms with van der Waals surface area (Å²) in [5.74, 6) is 0.626. The zero-order valence-electron chi connectivity index (χ0n) is 19.6. The number of nitrogens with one attached hydrogen (secondary N) is 1. The summed E-state index contributed by atoms with van der Waals surface area (Å²) in [6, 6.07) is 33.7. The van der Waals surface area contributed by atoms with Crippen molar-refractivity contribution >= 4 is 28.9 Å². The fraction of sp³-hybridized carbons (Fsp3) is 0.0333. The van der Waals surface area contributed by atoms with Crippen molar-refractivity contribution in [2.45, 2.75) is 6.54 Å². The minimum Gasteiger partial charge on any atom is -0.457 e. The van der Waals surface area contributed by atoms with Crippen LogP contribution >= 0.6 is 11.3 Å². The zero-order valence-corrected chi connectivity index (χ0v) is 20.4. The normalized spacial score (nSPS) is 12.1. The highest BCUT2D eigenvalue weighted by Crippen LogP contribution is 2.22. The number of hydrogen-bond donors (Lipinski definition) is 1. The van der Waals surface area contributed by atoms with Gasteiger partial charge in [0, 0.05) is 18.2 Å². The molecule has 2 aromatic heterocycles. The van der Waals surface area contributed by atoms with Gasteiger partial charge in [0.2, 0.25) is 0 Å². The molecule has 0 saturated carbocycles. The molecule has 0 aliphatic carbocycles. The molecule has 5 rings (SSSR count). The van der Waals surface area contributed by atoms with Crippen molar-refractivity contribution in [2.75, 3.05) is 0 Å². The number of aromatic nitrogens is 1. The average molecular weight is 504 g/mol. The Morgan fingerprint density at radius 3 is 2.24 bits per heavy atom. The van der Waals surface area contributed by atoms with Gasteiger partial charge < -0.3 is 9.73 Å². The molecule has 0 aliphatic heterocycles. The van der Waals surface area contributed by atoms with Gasteiger partial charge in [-0.3, -0.25) is 14.2 Å². The largest absolute Gasteiger partial charge is 0.457 e. The van der Waals surface area contributed by atoms with Crippen molar-refractivity contribution < 1.29 is 9.21 Å². The molecule has 0 unspecified atom stereocenters. The van der Waals surface area contributed by atoms with E-state index in [2.05, 4.69) is 5.32 Å². The molecular formula is C30H21N3O3S. The Hall–Kier alpha value is -4.93. The van der Waals surface area contributed by atoms with E-state index in [0.29, 0.717) is 21.7 Å². The van der Waals surface area contributed by atoms with Gasteiger partial charge in [-0.25, -0.2) is 0 Å². The molecular weight excluding hydrogens is 482 g/mol. The van der Waals surface area contributed by atoms with Crippen LogP contribution in [0.5, 0.6) is 0 Å². The molecule has 3 aromatic carbocycles. The number of carbonyl (C=O) groups excluding carboxylic acids is 1. The Balaban J connectivity index is 1.61. The van der Waals surface area contributed by atoms with E-state index >= 15 is 0 Å². The molecule has 0 radical (unpaired) electrons. The Morgan fingerprint density at radius 2 is 1.57 bits per heavy atom. The fourth-order valence-corrected chi connectivity index (χ4v) is 4.92. The molecule has 0 fully saturated rings. The average Bonchev–Trinajstić information content (AvgIpc) is 3.54. The SMILES string of the molecule is N#C/C(C(=O)NCc1ccccc1)=c1\s/c(=C/c2ccc(-c3ccccc3)o2)c(=O)n1-c1ccccc1. The third-order valence-electron chi connectivity index (χ3n) is 5.65. The number of carbonyl (C=O) groups is 1. The third-order valence-corrected chi connectivity index (χ3v) is 6.74. The highest BCUT2D eigenvalue weighted by Gasteiger charge is 2.17. The summed E-state index contributed by atoms with van der Waals surface area (Å²) in [6.45, 7) is 0.263. The van der Waals surface area contributed by atoms with Crippen molar-refractivity contribution in [3.63, 3.8) is 0 Å². The van der Waals surface area contributed by atoms with E-state index in [0.717, 1.165) is 22.5 Å². The van der Waals surface area contributed by atoms with E-state index in [-0.39, 0.29) is 22.3 Å². The first-order chi connectivity index (χ1) is 18.1. The van der Waals surface area contributed by atoms with Crippen molar-refractivity contribution in [1.29, 1.82) is 5.26 Å². The summed E-state index contributed by atoms with van der Waals surface area (Å²) in [5.41, 5.74) is 1.91. The lowest BCUT2D eigenvalue weighted by molar-refractivity contribution is -0.115. The second-order valence-corrected chi connectivity index (χ2v) is 9.15. The Morgan fingerprint density at radius 1 is 0.919 bits per heavy atom. The van der Waals surface area contributed by atoms with Crippen LogP contribution in [0.1, 0.15) is 11.3 Å². The van der Waals surface area contributed by atoms with Crippen LogP contribution in [-0.4, -0.2) is 10.5 Å². The molecule has 0 atom stereocenters. The lowest BCUT2D eigenvalue weighted by atomic mass is 10.2. The van der Waals surface area contributed by atoms with Crippen molar-refractivity contribution in [1.82, 2.24) is 9.88 Å². The quantitative estimate of drug-likeness (QED) is 0.380. The monoisotopic (exact) mass is 503 g/mol. The smallest absolute Gasteiger partial charge is 0.273 e. The lowest BCUT2D eigenvalue weighted by Gasteiger charge is -2.06. The fourth-order valence-electron chi connectivity index (χ4n) is 3.84. The molecule has 1 N–H and O–H groups in total. The zero-order chi connectivity index (χ0) is 25.6. The molecule has 5 aromatic rings. The molecule has 0 bridgehead atoms. The lowest BCUT2D eigenvalue weighted by Crippen LogP contribution is -2.33. The number of para-hydroxylation sites is 1. The van der Waals surface area contributed by atoms with E-state index in [1.165, 1.54) is 4.57 Å². The molecule has 6 nitrogen and oxygen atoms in total. The van der Waals surface area contributed by atoms with Gasteiger partial charge in [-0.1, -0.05) is 78.9 Å². The number of nitrogens with zero attached hydrogens (tertiary/aromatic N) is 2. The van der Waals surface area contributed by atoms with Crippen LogP contribution < -0.4 is 20.1 Å². The summed E-state index contributed by atoms with van der Waals surface area (Å²) in [6.07, 6.45) is 1.64. The second kappa shape index (κ2) is 10.8.